The second-order valence-electron chi connectivity index (χ2n) is 4.90. The molecule has 0 radical (unpaired) electrons. The smallest absolute Gasteiger partial charge is 0.128 e. The van der Waals surface area contributed by atoms with Crippen LogP contribution in [-0.2, 0) is 0 Å². The molecule has 1 atom stereocenters. The topological polar surface area (TPSA) is 9.23 Å². The van der Waals surface area contributed by atoms with Gasteiger partial charge in [0.2, 0.25) is 0 Å². The van der Waals surface area contributed by atoms with Crippen LogP contribution < -0.4 is 4.74 Å². The summed E-state index contributed by atoms with van der Waals surface area (Å²) in [5, 5.41) is 2.39. The van der Waals surface area contributed by atoms with Crippen LogP contribution in [0.1, 0.15) is 25.0 Å². The van der Waals surface area contributed by atoms with E-state index in [2.05, 4.69) is 67.6 Å². The molecule has 0 amide bonds. The van der Waals surface area contributed by atoms with Crippen molar-refractivity contribution in [2.45, 2.75) is 19.4 Å². The van der Waals surface area contributed by atoms with Crippen molar-refractivity contribution in [3.05, 3.63) is 78.4 Å². The van der Waals surface area contributed by atoms with Gasteiger partial charge in [-0.3, -0.25) is 0 Å². The van der Waals surface area contributed by atoms with Gasteiger partial charge in [0.25, 0.3) is 0 Å². The van der Waals surface area contributed by atoms with Crippen LogP contribution in [0.2, 0.25) is 0 Å². The molecule has 100 valence electrons. The van der Waals surface area contributed by atoms with Crippen LogP contribution in [0.5, 0.6) is 5.75 Å². The average molecular weight is 262 g/mol. The molecule has 3 rings (SSSR count). The van der Waals surface area contributed by atoms with Crippen molar-refractivity contribution >= 4 is 10.8 Å². The van der Waals surface area contributed by atoms with Gasteiger partial charge in [-0.25, -0.2) is 0 Å². The predicted molar refractivity (Wildman–Crippen MR) is 84.1 cm³/mol. The molecule has 0 saturated heterocycles. The Morgan fingerprint density at radius 1 is 0.800 bits per heavy atom. The number of hydrogen-bond acceptors (Lipinski definition) is 1. The van der Waals surface area contributed by atoms with Crippen LogP contribution in [0.4, 0.5) is 0 Å². The Morgan fingerprint density at radius 3 is 2.30 bits per heavy atom. The molecule has 20 heavy (non-hydrogen) atoms. The highest BCUT2D eigenvalue weighted by Gasteiger charge is 2.12. The minimum absolute atomic E-state index is 0.0991. The highest BCUT2D eigenvalue weighted by molar-refractivity contribution is 5.88. The van der Waals surface area contributed by atoms with Crippen molar-refractivity contribution in [3.63, 3.8) is 0 Å². The van der Waals surface area contributed by atoms with E-state index in [1.165, 1.54) is 16.3 Å². The third kappa shape index (κ3) is 2.53. The van der Waals surface area contributed by atoms with Crippen LogP contribution in [0.3, 0.4) is 0 Å². The van der Waals surface area contributed by atoms with Crippen LogP contribution in [0.25, 0.3) is 10.8 Å². The molecule has 1 nitrogen and oxygen atoms in total. The summed E-state index contributed by atoms with van der Waals surface area (Å²) >= 11 is 0. The van der Waals surface area contributed by atoms with Crippen molar-refractivity contribution in [1.29, 1.82) is 0 Å². The average Bonchev–Trinajstić information content (AvgIpc) is 2.53. The Balaban J connectivity index is 1.96. The van der Waals surface area contributed by atoms with E-state index in [1.54, 1.807) is 0 Å². The van der Waals surface area contributed by atoms with Gasteiger partial charge in [-0.1, -0.05) is 73.7 Å². The molecule has 1 heteroatoms. The molecule has 0 bridgehead atoms. The van der Waals surface area contributed by atoms with E-state index >= 15 is 0 Å². The number of benzene rings is 3. The minimum Gasteiger partial charge on any atom is -0.485 e. The van der Waals surface area contributed by atoms with Crippen molar-refractivity contribution in [1.82, 2.24) is 0 Å². The Bertz CT molecular complexity index is 683. The van der Waals surface area contributed by atoms with Gasteiger partial charge in [-0.05, 0) is 23.4 Å². The number of rotatable bonds is 4. The standard InChI is InChI=1S/C19H18O/c1-2-18(16-10-4-3-5-11-16)20-19-14-8-12-15-9-6-7-13-17(15)19/h3-14,18H,2H2,1H3. The predicted octanol–water partition coefficient (Wildman–Crippen LogP) is 5.37. The fourth-order valence-electron chi connectivity index (χ4n) is 2.51. The van der Waals surface area contributed by atoms with Gasteiger partial charge in [-0.15, -0.1) is 0 Å². The fourth-order valence-corrected chi connectivity index (χ4v) is 2.51. The molecular formula is C19H18O. The first-order valence-electron chi connectivity index (χ1n) is 7.08. The zero-order chi connectivity index (χ0) is 13.8. The second kappa shape index (κ2) is 5.79. The summed E-state index contributed by atoms with van der Waals surface area (Å²) in [5.74, 6) is 0.957. The molecule has 0 N–H and O–H groups in total. The van der Waals surface area contributed by atoms with Gasteiger partial charge in [0.15, 0.2) is 0 Å². The maximum absolute atomic E-state index is 6.26. The van der Waals surface area contributed by atoms with Crippen LogP contribution >= 0.6 is 0 Å². The third-order valence-electron chi connectivity index (χ3n) is 3.56. The van der Waals surface area contributed by atoms with E-state index in [-0.39, 0.29) is 6.10 Å². The number of ether oxygens (including phenoxy) is 1. The molecule has 0 fully saturated rings. The van der Waals surface area contributed by atoms with E-state index in [4.69, 9.17) is 4.74 Å². The maximum Gasteiger partial charge on any atom is 0.128 e. The second-order valence-corrected chi connectivity index (χ2v) is 4.90. The molecule has 0 saturated carbocycles. The van der Waals surface area contributed by atoms with E-state index in [0.29, 0.717) is 0 Å². The van der Waals surface area contributed by atoms with Gasteiger partial charge in [-0.2, -0.15) is 0 Å². The van der Waals surface area contributed by atoms with Crippen LogP contribution in [-0.4, -0.2) is 0 Å². The molecule has 3 aromatic rings. The first kappa shape index (κ1) is 12.7. The molecule has 0 aliphatic carbocycles. The van der Waals surface area contributed by atoms with Gasteiger partial charge in [0.1, 0.15) is 11.9 Å². The quantitative estimate of drug-likeness (QED) is 0.614. The summed E-state index contributed by atoms with van der Waals surface area (Å²) in [6.07, 6.45) is 1.05. The van der Waals surface area contributed by atoms with Gasteiger partial charge in [0, 0.05) is 5.39 Å². The molecule has 3 aromatic carbocycles. The lowest BCUT2D eigenvalue weighted by Gasteiger charge is -2.19. The zero-order valence-electron chi connectivity index (χ0n) is 11.6. The molecule has 1 unspecified atom stereocenters. The van der Waals surface area contributed by atoms with Gasteiger partial charge < -0.3 is 4.74 Å². The summed E-state index contributed by atoms with van der Waals surface area (Å²) in [4.78, 5) is 0. The molecule has 0 heterocycles. The number of fused-ring (bicyclic) bond motifs is 1. The van der Waals surface area contributed by atoms with Crippen LogP contribution in [0, 0.1) is 0 Å². The Hall–Kier alpha value is -2.28. The van der Waals surface area contributed by atoms with E-state index < -0.39 is 0 Å². The molecular weight excluding hydrogens is 244 g/mol. The first-order valence-corrected chi connectivity index (χ1v) is 7.08. The Morgan fingerprint density at radius 2 is 1.50 bits per heavy atom. The zero-order valence-corrected chi connectivity index (χ0v) is 11.6. The van der Waals surface area contributed by atoms with Gasteiger partial charge in [0.05, 0.1) is 0 Å². The lowest BCUT2D eigenvalue weighted by molar-refractivity contribution is 0.204. The largest absolute Gasteiger partial charge is 0.485 e. The Labute approximate surface area is 119 Å². The molecule has 0 aromatic heterocycles. The summed E-state index contributed by atoms with van der Waals surface area (Å²) in [7, 11) is 0. The summed E-state index contributed by atoms with van der Waals surface area (Å²) in [6, 6.07) is 25.0. The van der Waals surface area contributed by atoms with Crippen LogP contribution in [0.15, 0.2) is 72.8 Å². The number of hydrogen-bond donors (Lipinski definition) is 0. The SMILES string of the molecule is CCC(Oc1cccc2ccccc12)c1ccccc1. The summed E-state index contributed by atoms with van der Waals surface area (Å²) < 4.78 is 6.26. The van der Waals surface area contributed by atoms with Crippen molar-refractivity contribution in [2.75, 3.05) is 0 Å². The van der Waals surface area contributed by atoms with Crippen molar-refractivity contribution in [2.24, 2.45) is 0 Å². The van der Waals surface area contributed by atoms with E-state index in [1.807, 2.05) is 12.1 Å². The molecule has 0 aliphatic rings. The van der Waals surface area contributed by atoms with Gasteiger partial charge >= 0.3 is 0 Å². The molecule has 0 aliphatic heterocycles. The Kier molecular flexibility index (Phi) is 3.69. The minimum atomic E-state index is 0.0991. The maximum atomic E-state index is 6.26. The summed E-state index contributed by atoms with van der Waals surface area (Å²) in [6.45, 7) is 2.16. The van der Waals surface area contributed by atoms with Crippen molar-refractivity contribution < 1.29 is 4.74 Å². The first-order chi connectivity index (χ1) is 9.88. The highest BCUT2D eigenvalue weighted by Crippen LogP contribution is 2.30. The normalized spacial score (nSPS) is 12.2. The lowest BCUT2D eigenvalue weighted by atomic mass is 10.1. The monoisotopic (exact) mass is 262 g/mol. The summed E-state index contributed by atoms with van der Waals surface area (Å²) in [5.41, 5.74) is 1.22. The van der Waals surface area contributed by atoms with Crippen molar-refractivity contribution in [3.8, 4) is 5.75 Å². The van der Waals surface area contributed by atoms with E-state index in [9.17, 15) is 0 Å². The fraction of sp³-hybridized carbons (Fsp3) is 0.158. The van der Waals surface area contributed by atoms with E-state index in [0.717, 1.165) is 12.2 Å². The highest BCUT2D eigenvalue weighted by atomic mass is 16.5. The third-order valence-corrected chi connectivity index (χ3v) is 3.56. The lowest BCUT2D eigenvalue weighted by Crippen LogP contribution is -2.06. The molecule has 0 spiro atoms.